The van der Waals surface area contributed by atoms with Gasteiger partial charge in [0.15, 0.2) is 0 Å². The molecule has 0 bridgehead atoms. The highest BCUT2D eigenvalue weighted by molar-refractivity contribution is 14.1. The van der Waals surface area contributed by atoms with Gasteiger partial charge in [-0.3, -0.25) is 0 Å². The molecule has 0 amide bonds. The maximum Gasteiger partial charge on any atom is 0.150 e. The van der Waals surface area contributed by atoms with E-state index >= 15 is 0 Å². The molecule has 5 nitrogen and oxygen atoms in total. The standard InChI is InChI=1S/C18H14IN5/c19-14-10-8-13(9-11-14)18(21-17-7-3-4-12-20-17)24-16-6-2-1-5-15(16)22-23-24/h1-12,18H,(H,20,21). The maximum atomic E-state index is 4.38. The van der Waals surface area contributed by atoms with Crippen LogP contribution in [-0.4, -0.2) is 20.0 Å². The van der Waals surface area contributed by atoms with E-state index in [2.05, 4.69) is 67.5 Å². The van der Waals surface area contributed by atoms with Crippen LogP contribution < -0.4 is 5.32 Å². The summed E-state index contributed by atoms with van der Waals surface area (Å²) in [5.74, 6) is 0.792. The summed E-state index contributed by atoms with van der Waals surface area (Å²) in [7, 11) is 0. The summed E-state index contributed by atoms with van der Waals surface area (Å²) in [4.78, 5) is 4.38. The van der Waals surface area contributed by atoms with Crippen LogP contribution in [0.4, 0.5) is 5.82 Å². The molecule has 1 unspecified atom stereocenters. The Balaban J connectivity index is 1.82. The minimum absolute atomic E-state index is 0.190. The zero-order valence-corrected chi connectivity index (χ0v) is 14.8. The molecule has 1 atom stereocenters. The SMILES string of the molecule is Ic1ccc(C(Nc2ccccn2)n2nnc3ccccc32)cc1. The molecule has 0 radical (unpaired) electrons. The molecule has 0 aliphatic heterocycles. The van der Waals surface area contributed by atoms with Gasteiger partial charge in [-0.15, -0.1) is 5.10 Å². The fourth-order valence-corrected chi connectivity index (χ4v) is 2.96. The predicted octanol–water partition coefficient (Wildman–Crippen LogP) is 4.09. The third-order valence-corrected chi connectivity index (χ3v) is 4.48. The van der Waals surface area contributed by atoms with E-state index in [1.165, 1.54) is 3.57 Å². The molecule has 6 heteroatoms. The largest absolute Gasteiger partial charge is 0.345 e. The maximum absolute atomic E-state index is 4.38. The normalized spacial score (nSPS) is 12.2. The molecular weight excluding hydrogens is 413 g/mol. The highest BCUT2D eigenvalue weighted by Gasteiger charge is 2.18. The zero-order valence-electron chi connectivity index (χ0n) is 12.7. The van der Waals surface area contributed by atoms with E-state index in [0.717, 1.165) is 22.4 Å². The van der Waals surface area contributed by atoms with Gasteiger partial charge in [-0.1, -0.05) is 35.5 Å². The highest BCUT2D eigenvalue weighted by Crippen LogP contribution is 2.24. The van der Waals surface area contributed by atoms with Gasteiger partial charge in [-0.2, -0.15) is 0 Å². The lowest BCUT2D eigenvalue weighted by molar-refractivity contribution is 0.569. The summed E-state index contributed by atoms with van der Waals surface area (Å²) in [6, 6.07) is 22.1. The Hall–Kier alpha value is -2.48. The average Bonchev–Trinajstić information content (AvgIpc) is 3.05. The highest BCUT2D eigenvalue weighted by atomic mass is 127. The molecule has 0 fully saturated rings. The Labute approximate surface area is 152 Å². The quantitative estimate of drug-likeness (QED) is 0.499. The minimum atomic E-state index is -0.190. The number of fused-ring (bicyclic) bond motifs is 1. The van der Waals surface area contributed by atoms with E-state index in [0.29, 0.717) is 0 Å². The first-order chi connectivity index (χ1) is 11.8. The van der Waals surface area contributed by atoms with Gasteiger partial charge in [0.25, 0.3) is 0 Å². The number of anilines is 1. The van der Waals surface area contributed by atoms with E-state index in [4.69, 9.17) is 0 Å². The van der Waals surface area contributed by atoms with Crippen LogP contribution in [0.5, 0.6) is 0 Å². The number of aromatic nitrogens is 4. The Bertz CT molecular complexity index is 950. The second kappa shape index (κ2) is 6.56. The van der Waals surface area contributed by atoms with Crippen LogP contribution in [0.3, 0.4) is 0 Å². The van der Waals surface area contributed by atoms with Crippen molar-refractivity contribution in [3.05, 3.63) is 82.1 Å². The summed E-state index contributed by atoms with van der Waals surface area (Å²) >= 11 is 2.30. The smallest absolute Gasteiger partial charge is 0.150 e. The van der Waals surface area contributed by atoms with Gasteiger partial charge in [0.2, 0.25) is 0 Å². The topological polar surface area (TPSA) is 55.6 Å². The first-order valence-corrected chi connectivity index (χ1v) is 8.62. The van der Waals surface area contributed by atoms with Crippen molar-refractivity contribution in [3.8, 4) is 0 Å². The Kier molecular flexibility index (Phi) is 4.12. The molecule has 0 saturated carbocycles. The van der Waals surface area contributed by atoms with Gasteiger partial charge in [0.05, 0.1) is 5.52 Å². The van der Waals surface area contributed by atoms with Gasteiger partial charge in [0.1, 0.15) is 17.5 Å². The van der Waals surface area contributed by atoms with E-state index in [-0.39, 0.29) is 6.17 Å². The summed E-state index contributed by atoms with van der Waals surface area (Å²) in [6.07, 6.45) is 1.58. The molecule has 0 aliphatic carbocycles. The molecule has 2 aromatic carbocycles. The van der Waals surface area contributed by atoms with E-state index in [1.54, 1.807) is 6.20 Å². The number of nitrogens with one attached hydrogen (secondary N) is 1. The molecule has 4 rings (SSSR count). The van der Waals surface area contributed by atoms with Crippen molar-refractivity contribution in [2.75, 3.05) is 5.32 Å². The van der Waals surface area contributed by atoms with Crippen LogP contribution in [0.1, 0.15) is 11.7 Å². The number of benzene rings is 2. The van der Waals surface area contributed by atoms with Crippen LogP contribution in [0.15, 0.2) is 72.9 Å². The Morgan fingerprint density at radius 3 is 2.50 bits per heavy atom. The van der Waals surface area contributed by atoms with Crippen LogP contribution >= 0.6 is 22.6 Å². The first kappa shape index (κ1) is 15.1. The summed E-state index contributed by atoms with van der Waals surface area (Å²) < 4.78 is 3.09. The molecule has 2 heterocycles. The van der Waals surface area contributed by atoms with Crippen molar-refractivity contribution >= 4 is 39.4 Å². The van der Waals surface area contributed by atoms with E-state index in [1.807, 2.05) is 47.1 Å². The second-order valence-electron chi connectivity index (χ2n) is 5.34. The third kappa shape index (κ3) is 2.96. The van der Waals surface area contributed by atoms with E-state index in [9.17, 15) is 0 Å². The first-order valence-electron chi connectivity index (χ1n) is 7.54. The lowest BCUT2D eigenvalue weighted by Crippen LogP contribution is -2.21. The van der Waals surface area contributed by atoms with Crippen molar-refractivity contribution in [1.82, 2.24) is 20.0 Å². The van der Waals surface area contributed by atoms with Gasteiger partial charge in [-0.05, 0) is 64.6 Å². The zero-order chi connectivity index (χ0) is 16.4. The van der Waals surface area contributed by atoms with Crippen molar-refractivity contribution in [2.24, 2.45) is 0 Å². The van der Waals surface area contributed by atoms with Crippen molar-refractivity contribution in [3.63, 3.8) is 0 Å². The summed E-state index contributed by atoms with van der Waals surface area (Å²) in [5, 5.41) is 12.1. The fourth-order valence-electron chi connectivity index (χ4n) is 2.60. The summed E-state index contributed by atoms with van der Waals surface area (Å²) in [5.41, 5.74) is 2.94. The lowest BCUT2D eigenvalue weighted by Gasteiger charge is -2.20. The van der Waals surface area contributed by atoms with Crippen LogP contribution in [-0.2, 0) is 0 Å². The number of hydrogen-bond acceptors (Lipinski definition) is 4. The summed E-state index contributed by atoms with van der Waals surface area (Å²) in [6.45, 7) is 0. The molecule has 2 aromatic heterocycles. The van der Waals surface area contributed by atoms with E-state index < -0.39 is 0 Å². The fraction of sp³-hybridized carbons (Fsp3) is 0.0556. The molecule has 0 spiro atoms. The predicted molar refractivity (Wildman–Crippen MR) is 103 cm³/mol. The average molecular weight is 427 g/mol. The molecular formula is C18H14IN5. The molecule has 4 aromatic rings. The Morgan fingerprint density at radius 2 is 1.71 bits per heavy atom. The molecule has 0 aliphatic rings. The molecule has 0 saturated heterocycles. The second-order valence-corrected chi connectivity index (χ2v) is 6.58. The number of para-hydroxylation sites is 1. The van der Waals surface area contributed by atoms with Gasteiger partial charge >= 0.3 is 0 Å². The van der Waals surface area contributed by atoms with Crippen molar-refractivity contribution < 1.29 is 0 Å². The van der Waals surface area contributed by atoms with Crippen LogP contribution in [0.2, 0.25) is 0 Å². The lowest BCUT2D eigenvalue weighted by atomic mass is 10.1. The monoisotopic (exact) mass is 427 g/mol. The van der Waals surface area contributed by atoms with Crippen LogP contribution in [0, 0.1) is 3.57 Å². The van der Waals surface area contributed by atoms with Crippen LogP contribution in [0.25, 0.3) is 11.0 Å². The number of pyridine rings is 1. The van der Waals surface area contributed by atoms with Crippen molar-refractivity contribution in [1.29, 1.82) is 0 Å². The molecule has 1 N–H and O–H groups in total. The Morgan fingerprint density at radius 1 is 0.917 bits per heavy atom. The number of halogens is 1. The molecule has 118 valence electrons. The number of hydrogen-bond donors (Lipinski definition) is 1. The minimum Gasteiger partial charge on any atom is -0.345 e. The number of nitrogens with zero attached hydrogens (tertiary/aromatic N) is 4. The number of rotatable bonds is 4. The van der Waals surface area contributed by atoms with Crippen molar-refractivity contribution in [2.45, 2.75) is 6.17 Å². The third-order valence-electron chi connectivity index (χ3n) is 3.76. The van der Waals surface area contributed by atoms with Gasteiger partial charge in [-0.25, -0.2) is 9.67 Å². The molecule has 24 heavy (non-hydrogen) atoms. The van der Waals surface area contributed by atoms with Gasteiger partial charge in [0, 0.05) is 9.77 Å². The van der Waals surface area contributed by atoms with Gasteiger partial charge < -0.3 is 5.32 Å².